The van der Waals surface area contributed by atoms with Crippen molar-refractivity contribution in [1.82, 2.24) is 5.43 Å². The number of hydrazone groups is 1. The average molecular weight is 564 g/mol. The molecule has 1 N–H and O–H groups in total. The van der Waals surface area contributed by atoms with Crippen molar-refractivity contribution in [3.8, 4) is 11.5 Å². The number of carbonyl (C=O) groups excluding carboxylic acids is 1. The molecule has 0 bridgehead atoms. The number of hydrogen-bond acceptors (Lipinski definition) is 6. The Balaban J connectivity index is 1.81. The van der Waals surface area contributed by atoms with Gasteiger partial charge in [0.15, 0.2) is 11.5 Å². The SMILES string of the molecule is CCCOc1ccc(/C=N\NC(=O)CN(c2cccc(Cl)c2Cl)S(=O)(=O)c2ccccc2)cc1OCC. The fraction of sp³-hybridized carbons (Fsp3) is 0.231. The molecule has 1 amide bonds. The largest absolute Gasteiger partial charge is 0.490 e. The highest BCUT2D eigenvalue weighted by atomic mass is 35.5. The molecule has 0 unspecified atom stereocenters. The van der Waals surface area contributed by atoms with Crippen LogP contribution >= 0.6 is 23.2 Å². The van der Waals surface area contributed by atoms with Crippen LogP contribution in [0.4, 0.5) is 5.69 Å². The predicted molar refractivity (Wildman–Crippen MR) is 147 cm³/mol. The van der Waals surface area contributed by atoms with Crippen molar-refractivity contribution >= 4 is 51.0 Å². The highest BCUT2D eigenvalue weighted by Crippen LogP contribution is 2.35. The van der Waals surface area contributed by atoms with E-state index in [9.17, 15) is 13.2 Å². The minimum Gasteiger partial charge on any atom is -0.490 e. The molecule has 0 fully saturated rings. The molecule has 3 aromatic carbocycles. The van der Waals surface area contributed by atoms with Gasteiger partial charge in [-0.25, -0.2) is 13.8 Å². The molecular formula is C26H27Cl2N3O5S. The summed E-state index contributed by atoms with van der Waals surface area (Å²) in [5, 5.41) is 4.14. The number of nitrogens with zero attached hydrogens (tertiary/aromatic N) is 2. The van der Waals surface area contributed by atoms with Crippen LogP contribution in [-0.4, -0.2) is 40.3 Å². The third-order valence-corrected chi connectivity index (χ3v) is 7.53. The van der Waals surface area contributed by atoms with Crippen LogP contribution in [0.15, 0.2) is 76.7 Å². The van der Waals surface area contributed by atoms with E-state index >= 15 is 0 Å². The number of sulfonamides is 1. The minimum absolute atomic E-state index is 0.00354. The predicted octanol–water partition coefficient (Wildman–Crippen LogP) is 5.53. The van der Waals surface area contributed by atoms with Gasteiger partial charge in [-0.2, -0.15) is 5.10 Å². The number of amides is 1. The van der Waals surface area contributed by atoms with Crippen LogP contribution in [0.3, 0.4) is 0 Å². The Bertz CT molecular complexity index is 1350. The highest BCUT2D eigenvalue weighted by Gasteiger charge is 2.29. The maximum absolute atomic E-state index is 13.4. The zero-order valence-electron chi connectivity index (χ0n) is 20.4. The first-order valence-electron chi connectivity index (χ1n) is 11.5. The smallest absolute Gasteiger partial charge is 0.264 e. The molecule has 0 aliphatic carbocycles. The van der Waals surface area contributed by atoms with Crippen LogP contribution in [0, 0.1) is 0 Å². The summed E-state index contributed by atoms with van der Waals surface area (Å²) in [6, 6.07) is 17.5. The van der Waals surface area contributed by atoms with Gasteiger partial charge in [-0.15, -0.1) is 0 Å². The molecular weight excluding hydrogens is 537 g/mol. The molecule has 0 radical (unpaired) electrons. The lowest BCUT2D eigenvalue weighted by molar-refractivity contribution is -0.119. The zero-order chi connectivity index (χ0) is 26.8. The van der Waals surface area contributed by atoms with Gasteiger partial charge in [0.1, 0.15) is 6.54 Å². The van der Waals surface area contributed by atoms with Gasteiger partial charge in [0.25, 0.3) is 15.9 Å². The lowest BCUT2D eigenvalue weighted by Gasteiger charge is -2.24. The Morgan fingerprint density at radius 2 is 1.76 bits per heavy atom. The van der Waals surface area contributed by atoms with E-state index in [1.54, 1.807) is 42.5 Å². The molecule has 196 valence electrons. The maximum Gasteiger partial charge on any atom is 0.264 e. The van der Waals surface area contributed by atoms with Gasteiger partial charge in [-0.3, -0.25) is 9.10 Å². The van der Waals surface area contributed by atoms with E-state index in [0.29, 0.717) is 30.3 Å². The summed E-state index contributed by atoms with van der Waals surface area (Å²) >= 11 is 12.4. The van der Waals surface area contributed by atoms with E-state index in [2.05, 4.69) is 10.5 Å². The lowest BCUT2D eigenvalue weighted by Crippen LogP contribution is -2.39. The highest BCUT2D eigenvalue weighted by molar-refractivity contribution is 7.92. The Morgan fingerprint density at radius 3 is 2.46 bits per heavy atom. The topological polar surface area (TPSA) is 97.3 Å². The van der Waals surface area contributed by atoms with E-state index in [4.69, 9.17) is 32.7 Å². The van der Waals surface area contributed by atoms with Crippen molar-refractivity contribution in [3.63, 3.8) is 0 Å². The molecule has 3 rings (SSSR count). The number of ether oxygens (including phenoxy) is 2. The first kappa shape index (κ1) is 28.3. The number of halogens is 2. The van der Waals surface area contributed by atoms with Gasteiger partial charge in [0.2, 0.25) is 0 Å². The molecule has 0 saturated heterocycles. The number of benzene rings is 3. The van der Waals surface area contributed by atoms with Crippen molar-refractivity contribution in [2.24, 2.45) is 5.10 Å². The number of anilines is 1. The van der Waals surface area contributed by atoms with E-state index in [-0.39, 0.29) is 20.6 Å². The molecule has 0 aromatic heterocycles. The fourth-order valence-corrected chi connectivity index (χ4v) is 5.16. The van der Waals surface area contributed by atoms with E-state index in [0.717, 1.165) is 10.7 Å². The minimum atomic E-state index is -4.14. The monoisotopic (exact) mass is 563 g/mol. The first-order chi connectivity index (χ1) is 17.8. The summed E-state index contributed by atoms with van der Waals surface area (Å²) < 4.78 is 39.0. The van der Waals surface area contributed by atoms with Gasteiger partial charge in [-0.05, 0) is 61.4 Å². The second-order valence-electron chi connectivity index (χ2n) is 7.68. The molecule has 11 heteroatoms. The summed E-state index contributed by atoms with van der Waals surface area (Å²) in [5.41, 5.74) is 3.09. The second kappa shape index (κ2) is 13.3. The Morgan fingerprint density at radius 1 is 1.00 bits per heavy atom. The van der Waals surface area contributed by atoms with Gasteiger partial charge >= 0.3 is 0 Å². The zero-order valence-corrected chi connectivity index (χ0v) is 22.7. The van der Waals surface area contributed by atoms with Crippen molar-refractivity contribution < 1.29 is 22.7 Å². The summed E-state index contributed by atoms with van der Waals surface area (Å²) in [6.07, 6.45) is 2.28. The van der Waals surface area contributed by atoms with Gasteiger partial charge in [-0.1, -0.05) is 54.4 Å². The molecule has 37 heavy (non-hydrogen) atoms. The van der Waals surface area contributed by atoms with Crippen LogP contribution in [0.2, 0.25) is 10.0 Å². The van der Waals surface area contributed by atoms with Crippen molar-refractivity contribution in [2.75, 3.05) is 24.1 Å². The van der Waals surface area contributed by atoms with E-state index in [1.165, 1.54) is 30.5 Å². The average Bonchev–Trinajstić information content (AvgIpc) is 2.89. The van der Waals surface area contributed by atoms with Crippen molar-refractivity contribution in [1.29, 1.82) is 0 Å². The summed E-state index contributed by atoms with van der Waals surface area (Å²) in [4.78, 5) is 12.8. The second-order valence-corrected chi connectivity index (χ2v) is 10.3. The van der Waals surface area contributed by atoms with Crippen LogP contribution in [-0.2, 0) is 14.8 Å². The number of nitrogens with one attached hydrogen (secondary N) is 1. The van der Waals surface area contributed by atoms with Crippen LogP contribution in [0.25, 0.3) is 0 Å². The van der Waals surface area contributed by atoms with Crippen LogP contribution in [0.1, 0.15) is 25.8 Å². The van der Waals surface area contributed by atoms with Crippen molar-refractivity contribution in [3.05, 3.63) is 82.3 Å². The molecule has 3 aromatic rings. The standard InChI is InChI=1S/C26H27Cl2N3O5S/c1-3-15-36-23-14-13-19(16-24(23)35-4-2)17-29-30-25(32)18-31(22-12-8-11-21(27)26(22)28)37(33,34)20-9-6-5-7-10-20/h5-14,16-17H,3-4,15,18H2,1-2H3,(H,30,32)/b29-17-. The van der Waals surface area contributed by atoms with Crippen LogP contribution < -0.4 is 19.2 Å². The quantitative estimate of drug-likeness (QED) is 0.231. The molecule has 0 spiro atoms. The third-order valence-electron chi connectivity index (χ3n) is 4.95. The molecule has 0 aliphatic rings. The molecule has 0 saturated carbocycles. The van der Waals surface area contributed by atoms with Gasteiger partial charge < -0.3 is 9.47 Å². The summed E-state index contributed by atoms with van der Waals surface area (Å²) in [5.74, 6) is 0.492. The molecule has 0 aliphatic heterocycles. The normalized spacial score (nSPS) is 11.4. The number of carbonyl (C=O) groups is 1. The molecule has 8 nitrogen and oxygen atoms in total. The van der Waals surface area contributed by atoms with E-state index < -0.39 is 22.5 Å². The fourth-order valence-electron chi connectivity index (χ4n) is 3.25. The summed E-state index contributed by atoms with van der Waals surface area (Å²) in [7, 11) is -4.14. The van der Waals surface area contributed by atoms with Crippen LogP contribution in [0.5, 0.6) is 11.5 Å². The van der Waals surface area contributed by atoms with Gasteiger partial charge in [0, 0.05) is 0 Å². The number of hydrogen-bond donors (Lipinski definition) is 1. The molecule has 0 atom stereocenters. The first-order valence-corrected chi connectivity index (χ1v) is 13.7. The third kappa shape index (κ3) is 7.38. The Kier molecular flexibility index (Phi) is 10.2. The van der Waals surface area contributed by atoms with E-state index in [1.807, 2.05) is 13.8 Å². The Labute approximate surface area is 226 Å². The maximum atomic E-state index is 13.4. The summed E-state index contributed by atoms with van der Waals surface area (Å²) in [6.45, 7) is 4.31. The van der Waals surface area contributed by atoms with Gasteiger partial charge in [0.05, 0.1) is 40.1 Å². The molecule has 0 heterocycles. The van der Waals surface area contributed by atoms with Crippen molar-refractivity contribution in [2.45, 2.75) is 25.2 Å². The lowest BCUT2D eigenvalue weighted by atomic mass is 10.2. The Hall–Kier alpha value is -3.27. The number of rotatable bonds is 12.